The molecule has 0 aromatic heterocycles. The SMILES string of the molecule is CNS(=O)(=O)c1ccc(N2CC(CO)C2)cc1. The fourth-order valence-corrected chi connectivity index (χ4v) is 2.58. The Morgan fingerprint density at radius 2 is 1.94 bits per heavy atom. The van der Waals surface area contributed by atoms with E-state index in [1.54, 1.807) is 24.3 Å². The Morgan fingerprint density at radius 3 is 2.41 bits per heavy atom. The van der Waals surface area contributed by atoms with Crippen molar-refractivity contribution in [2.45, 2.75) is 4.90 Å². The number of benzene rings is 1. The van der Waals surface area contributed by atoms with E-state index in [9.17, 15) is 8.42 Å². The molecule has 0 radical (unpaired) electrons. The van der Waals surface area contributed by atoms with E-state index in [0.717, 1.165) is 18.8 Å². The van der Waals surface area contributed by atoms with Crippen LogP contribution in [0.4, 0.5) is 5.69 Å². The van der Waals surface area contributed by atoms with Gasteiger partial charge in [0.15, 0.2) is 0 Å². The average molecular weight is 256 g/mol. The normalized spacial score (nSPS) is 16.9. The van der Waals surface area contributed by atoms with E-state index in [1.165, 1.54) is 7.05 Å². The third-order valence-corrected chi connectivity index (χ3v) is 4.43. The maximum Gasteiger partial charge on any atom is 0.240 e. The van der Waals surface area contributed by atoms with Gasteiger partial charge in [-0.2, -0.15) is 0 Å². The first kappa shape index (κ1) is 12.3. The first-order valence-corrected chi connectivity index (χ1v) is 6.94. The molecule has 0 unspecified atom stereocenters. The number of nitrogens with zero attached hydrogens (tertiary/aromatic N) is 1. The molecule has 1 fully saturated rings. The molecule has 0 atom stereocenters. The van der Waals surface area contributed by atoms with Crippen LogP contribution in [0.15, 0.2) is 29.2 Å². The molecule has 1 aromatic rings. The topological polar surface area (TPSA) is 69.6 Å². The highest BCUT2D eigenvalue weighted by molar-refractivity contribution is 7.89. The Hall–Kier alpha value is -1.11. The van der Waals surface area contributed by atoms with Crippen LogP contribution in [-0.4, -0.2) is 40.3 Å². The number of sulfonamides is 1. The lowest BCUT2D eigenvalue weighted by Crippen LogP contribution is -2.48. The maximum atomic E-state index is 11.5. The Bertz CT molecular complexity index is 478. The van der Waals surface area contributed by atoms with E-state index < -0.39 is 10.0 Å². The summed E-state index contributed by atoms with van der Waals surface area (Å²) in [5.41, 5.74) is 0.991. The van der Waals surface area contributed by atoms with Crippen LogP contribution in [0.1, 0.15) is 0 Å². The van der Waals surface area contributed by atoms with Gasteiger partial charge in [0.05, 0.1) is 4.90 Å². The summed E-state index contributed by atoms with van der Waals surface area (Å²) in [6.07, 6.45) is 0. The number of anilines is 1. The molecule has 1 heterocycles. The molecule has 0 saturated carbocycles. The van der Waals surface area contributed by atoms with Crippen LogP contribution in [0.3, 0.4) is 0 Å². The Balaban J connectivity index is 2.10. The van der Waals surface area contributed by atoms with Crippen LogP contribution >= 0.6 is 0 Å². The molecule has 6 heteroatoms. The third kappa shape index (κ3) is 2.43. The van der Waals surface area contributed by atoms with E-state index in [4.69, 9.17) is 5.11 Å². The summed E-state index contributed by atoms with van der Waals surface area (Å²) in [7, 11) is -1.96. The lowest BCUT2D eigenvalue weighted by atomic mass is 10.0. The van der Waals surface area contributed by atoms with E-state index >= 15 is 0 Å². The molecule has 1 aliphatic rings. The first-order chi connectivity index (χ1) is 8.06. The molecule has 1 aromatic carbocycles. The third-order valence-electron chi connectivity index (χ3n) is 3.00. The molecule has 0 spiro atoms. The highest BCUT2D eigenvalue weighted by Crippen LogP contribution is 2.25. The zero-order valence-electron chi connectivity index (χ0n) is 9.63. The minimum atomic E-state index is -3.35. The van der Waals surface area contributed by atoms with Gasteiger partial charge in [0.1, 0.15) is 0 Å². The Morgan fingerprint density at radius 1 is 1.35 bits per heavy atom. The molecule has 5 nitrogen and oxygen atoms in total. The van der Waals surface area contributed by atoms with Gasteiger partial charge in [-0.05, 0) is 31.3 Å². The predicted octanol–water partition coefficient (Wildman–Crippen LogP) is 0.0232. The minimum Gasteiger partial charge on any atom is -0.396 e. The second-order valence-corrected chi connectivity index (χ2v) is 6.04. The van der Waals surface area contributed by atoms with Gasteiger partial charge in [-0.3, -0.25) is 0 Å². The van der Waals surface area contributed by atoms with Crippen LogP contribution in [0, 0.1) is 5.92 Å². The summed E-state index contributed by atoms with van der Waals surface area (Å²) < 4.78 is 25.3. The van der Waals surface area contributed by atoms with E-state index in [2.05, 4.69) is 9.62 Å². The lowest BCUT2D eigenvalue weighted by Gasteiger charge is -2.40. The van der Waals surface area contributed by atoms with Crippen molar-refractivity contribution in [3.63, 3.8) is 0 Å². The van der Waals surface area contributed by atoms with Gasteiger partial charge in [0.25, 0.3) is 0 Å². The summed E-state index contributed by atoms with van der Waals surface area (Å²) >= 11 is 0. The van der Waals surface area contributed by atoms with E-state index in [-0.39, 0.29) is 11.5 Å². The smallest absolute Gasteiger partial charge is 0.240 e. The molecule has 1 saturated heterocycles. The molecular weight excluding hydrogens is 240 g/mol. The highest BCUT2D eigenvalue weighted by Gasteiger charge is 2.26. The fourth-order valence-electron chi connectivity index (χ4n) is 1.85. The molecule has 2 rings (SSSR count). The minimum absolute atomic E-state index is 0.211. The number of hydrogen-bond donors (Lipinski definition) is 2. The summed E-state index contributed by atoms with van der Waals surface area (Å²) in [5.74, 6) is 0.343. The van der Waals surface area contributed by atoms with E-state index in [0.29, 0.717) is 5.92 Å². The molecule has 2 N–H and O–H groups in total. The largest absolute Gasteiger partial charge is 0.396 e. The average Bonchev–Trinajstić information content (AvgIpc) is 2.28. The summed E-state index contributed by atoms with van der Waals surface area (Å²) in [4.78, 5) is 2.37. The summed E-state index contributed by atoms with van der Waals surface area (Å²) in [6.45, 7) is 1.87. The predicted molar refractivity (Wildman–Crippen MR) is 65.5 cm³/mol. The van der Waals surface area contributed by atoms with Crippen molar-refractivity contribution in [1.82, 2.24) is 4.72 Å². The van der Waals surface area contributed by atoms with Gasteiger partial charge < -0.3 is 10.0 Å². The molecule has 0 aliphatic carbocycles. The van der Waals surface area contributed by atoms with Crippen molar-refractivity contribution in [2.24, 2.45) is 5.92 Å². The Labute approximate surface area is 101 Å². The zero-order valence-corrected chi connectivity index (χ0v) is 10.4. The number of rotatable bonds is 4. The molecule has 94 valence electrons. The van der Waals surface area contributed by atoms with Crippen molar-refractivity contribution in [1.29, 1.82) is 0 Å². The van der Waals surface area contributed by atoms with Crippen molar-refractivity contribution < 1.29 is 13.5 Å². The van der Waals surface area contributed by atoms with Crippen molar-refractivity contribution in [3.8, 4) is 0 Å². The molecule has 17 heavy (non-hydrogen) atoms. The van der Waals surface area contributed by atoms with Gasteiger partial charge in [-0.15, -0.1) is 0 Å². The summed E-state index contributed by atoms with van der Waals surface area (Å²) in [5, 5.41) is 8.92. The molecule has 0 bridgehead atoms. The van der Waals surface area contributed by atoms with Crippen LogP contribution < -0.4 is 9.62 Å². The van der Waals surface area contributed by atoms with Crippen molar-refractivity contribution in [2.75, 3.05) is 31.6 Å². The van der Waals surface area contributed by atoms with Gasteiger partial charge in [0, 0.05) is 31.3 Å². The van der Waals surface area contributed by atoms with Crippen LogP contribution in [-0.2, 0) is 10.0 Å². The number of aliphatic hydroxyl groups excluding tert-OH is 1. The first-order valence-electron chi connectivity index (χ1n) is 5.46. The van der Waals surface area contributed by atoms with E-state index in [1.807, 2.05) is 0 Å². The summed E-state index contributed by atoms with van der Waals surface area (Å²) in [6, 6.07) is 6.76. The van der Waals surface area contributed by atoms with Crippen LogP contribution in [0.5, 0.6) is 0 Å². The Kier molecular flexibility index (Phi) is 3.37. The molecule has 0 amide bonds. The molecular formula is C11H16N2O3S. The monoisotopic (exact) mass is 256 g/mol. The van der Waals surface area contributed by atoms with Gasteiger partial charge in [-0.1, -0.05) is 0 Å². The van der Waals surface area contributed by atoms with Crippen molar-refractivity contribution >= 4 is 15.7 Å². The second-order valence-electron chi connectivity index (χ2n) is 4.16. The second kappa shape index (κ2) is 4.64. The highest BCUT2D eigenvalue weighted by atomic mass is 32.2. The van der Waals surface area contributed by atoms with Crippen LogP contribution in [0.25, 0.3) is 0 Å². The van der Waals surface area contributed by atoms with Crippen molar-refractivity contribution in [3.05, 3.63) is 24.3 Å². The standard InChI is InChI=1S/C11H16N2O3S/c1-12-17(15,16)11-4-2-10(3-5-11)13-6-9(7-13)8-14/h2-5,9,12,14H,6-8H2,1H3. The van der Waals surface area contributed by atoms with Gasteiger partial charge >= 0.3 is 0 Å². The zero-order chi connectivity index (χ0) is 12.5. The molecule has 1 aliphatic heterocycles. The number of nitrogens with one attached hydrogen (secondary N) is 1. The van der Waals surface area contributed by atoms with Crippen LogP contribution in [0.2, 0.25) is 0 Å². The van der Waals surface area contributed by atoms with Gasteiger partial charge in [-0.25, -0.2) is 13.1 Å². The number of aliphatic hydroxyl groups is 1. The lowest BCUT2D eigenvalue weighted by molar-refractivity contribution is 0.201. The quantitative estimate of drug-likeness (QED) is 0.797. The van der Waals surface area contributed by atoms with Gasteiger partial charge in [0.2, 0.25) is 10.0 Å². The maximum absolute atomic E-state index is 11.5. The fraction of sp³-hybridized carbons (Fsp3) is 0.455. The number of hydrogen-bond acceptors (Lipinski definition) is 4.